The van der Waals surface area contributed by atoms with E-state index in [-0.39, 0.29) is 11.8 Å². The molecule has 2 aromatic rings. The molecule has 6 heteroatoms. The molecule has 0 fully saturated rings. The Morgan fingerprint density at radius 3 is 2.52 bits per heavy atom. The molecule has 0 bridgehead atoms. The van der Waals surface area contributed by atoms with E-state index in [4.69, 9.17) is 11.6 Å². The Labute approximate surface area is 183 Å². The Morgan fingerprint density at radius 1 is 1.10 bits per heavy atom. The second-order valence-corrected chi connectivity index (χ2v) is 8.45. The molecular weight excluding hydrogens is 404 g/mol. The number of amides is 2. The predicted octanol–water partition coefficient (Wildman–Crippen LogP) is 4.91. The van der Waals surface area contributed by atoms with Crippen LogP contribution in [-0.2, 0) is 21.9 Å². The molecule has 4 nitrogen and oxygen atoms in total. The summed E-state index contributed by atoms with van der Waals surface area (Å²) in [7, 11) is 0. The minimum atomic E-state index is -0.535. The predicted molar refractivity (Wildman–Crippen MR) is 122 cm³/mol. The summed E-state index contributed by atoms with van der Waals surface area (Å²) in [6, 6.07) is 17.1. The van der Waals surface area contributed by atoms with Gasteiger partial charge in [0.05, 0.1) is 0 Å². The number of carbonyl (C=O) groups is 2. The van der Waals surface area contributed by atoms with Crippen molar-refractivity contribution in [3.8, 4) is 0 Å². The van der Waals surface area contributed by atoms with Crippen LogP contribution in [0.2, 0.25) is 5.02 Å². The lowest BCUT2D eigenvalue weighted by Crippen LogP contribution is -2.47. The van der Waals surface area contributed by atoms with Crippen molar-refractivity contribution in [2.75, 3.05) is 12.3 Å². The molecule has 0 saturated heterocycles. The van der Waals surface area contributed by atoms with Gasteiger partial charge in [-0.2, -0.15) is 11.8 Å². The summed E-state index contributed by atoms with van der Waals surface area (Å²) in [4.78, 5) is 27.1. The summed E-state index contributed by atoms with van der Waals surface area (Å²) < 4.78 is 0. The number of benzene rings is 2. The van der Waals surface area contributed by atoms with Gasteiger partial charge in [-0.3, -0.25) is 9.59 Å². The molecule has 1 N–H and O–H groups in total. The van der Waals surface area contributed by atoms with E-state index in [0.717, 1.165) is 17.7 Å². The van der Waals surface area contributed by atoms with E-state index in [1.165, 1.54) is 5.56 Å². The van der Waals surface area contributed by atoms with E-state index in [0.29, 0.717) is 30.3 Å². The molecule has 0 aliphatic heterocycles. The topological polar surface area (TPSA) is 49.4 Å². The Kier molecular flexibility index (Phi) is 10.1. The van der Waals surface area contributed by atoms with E-state index in [2.05, 4.69) is 17.4 Å². The maximum Gasteiger partial charge on any atom is 0.242 e. The van der Waals surface area contributed by atoms with Crippen LogP contribution in [0.3, 0.4) is 0 Å². The summed E-state index contributed by atoms with van der Waals surface area (Å²) in [6.45, 7) is 4.76. The van der Waals surface area contributed by atoms with Crippen molar-refractivity contribution in [3.63, 3.8) is 0 Å². The SMILES string of the molecule is CCCNC(=O)[C@@H](C)N(Cc1cccc(Cl)c1)C(=O)CCSCc1ccccc1. The molecule has 156 valence electrons. The van der Waals surface area contributed by atoms with Gasteiger partial charge in [0.15, 0.2) is 0 Å². The maximum atomic E-state index is 13.0. The van der Waals surface area contributed by atoms with Gasteiger partial charge < -0.3 is 10.2 Å². The van der Waals surface area contributed by atoms with Crippen molar-refractivity contribution in [2.45, 2.75) is 45.0 Å². The van der Waals surface area contributed by atoms with Gasteiger partial charge in [-0.05, 0) is 36.6 Å². The van der Waals surface area contributed by atoms with Crippen molar-refractivity contribution >= 4 is 35.2 Å². The van der Waals surface area contributed by atoms with Gasteiger partial charge in [0, 0.05) is 36.0 Å². The monoisotopic (exact) mass is 432 g/mol. The highest BCUT2D eigenvalue weighted by Gasteiger charge is 2.25. The summed E-state index contributed by atoms with van der Waals surface area (Å²) in [5, 5.41) is 3.51. The van der Waals surface area contributed by atoms with Crippen LogP contribution in [0.15, 0.2) is 54.6 Å². The highest BCUT2D eigenvalue weighted by molar-refractivity contribution is 7.98. The molecule has 0 heterocycles. The van der Waals surface area contributed by atoms with E-state index in [9.17, 15) is 9.59 Å². The Morgan fingerprint density at radius 2 is 1.83 bits per heavy atom. The van der Waals surface area contributed by atoms with E-state index in [1.807, 2.05) is 43.3 Å². The van der Waals surface area contributed by atoms with Crippen molar-refractivity contribution in [3.05, 3.63) is 70.7 Å². The average molecular weight is 433 g/mol. The van der Waals surface area contributed by atoms with Gasteiger partial charge in [0.25, 0.3) is 0 Å². The first kappa shape index (κ1) is 23.3. The molecule has 0 saturated carbocycles. The molecule has 1 atom stereocenters. The number of hydrogen-bond donors (Lipinski definition) is 1. The van der Waals surface area contributed by atoms with Gasteiger partial charge in [0.2, 0.25) is 11.8 Å². The van der Waals surface area contributed by atoms with Crippen LogP contribution < -0.4 is 5.32 Å². The van der Waals surface area contributed by atoms with Gasteiger partial charge in [-0.25, -0.2) is 0 Å². The fourth-order valence-electron chi connectivity index (χ4n) is 2.88. The number of hydrogen-bond acceptors (Lipinski definition) is 3. The lowest BCUT2D eigenvalue weighted by atomic mass is 10.1. The zero-order valence-corrected chi connectivity index (χ0v) is 18.6. The summed E-state index contributed by atoms with van der Waals surface area (Å²) in [5.41, 5.74) is 2.16. The summed E-state index contributed by atoms with van der Waals surface area (Å²) in [6.07, 6.45) is 1.25. The maximum absolute atomic E-state index is 13.0. The van der Waals surface area contributed by atoms with Crippen molar-refractivity contribution in [1.82, 2.24) is 10.2 Å². The largest absolute Gasteiger partial charge is 0.354 e. The first-order chi connectivity index (χ1) is 14.0. The third kappa shape index (κ3) is 8.11. The van der Waals surface area contributed by atoms with Crippen molar-refractivity contribution in [2.24, 2.45) is 0 Å². The Hall–Kier alpha value is -1.98. The average Bonchev–Trinajstić information content (AvgIpc) is 2.73. The second-order valence-electron chi connectivity index (χ2n) is 6.91. The molecule has 0 aromatic heterocycles. The molecule has 0 aliphatic carbocycles. The van der Waals surface area contributed by atoms with Crippen molar-refractivity contribution < 1.29 is 9.59 Å². The number of nitrogens with zero attached hydrogens (tertiary/aromatic N) is 1. The standard InChI is InChI=1S/C23H29ClN2O2S/c1-3-13-25-23(28)18(2)26(16-20-10-7-11-21(24)15-20)22(27)12-14-29-17-19-8-5-4-6-9-19/h4-11,15,18H,3,12-14,16-17H2,1-2H3,(H,25,28)/t18-/m1/s1. The van der Waals surface area contributed by atoms with Gasteiger partial charge in [-0.15, -0.1) is 0 Å². The quantitative estimate of drug-likeness (QED) is 0.513. The highest BCUT2D eigenvalue weighted by atomic mass is 35.5. The number of thioether (sulfide) groups is 1. The molecule has 29 heavy (non-hydrogen) atoms. The van der Waals surface area contributed by atoms with Crippen LogP contribution in [-0.4, -0.2) is 35.1 Å². The lowest BCUT2D eigenvalue weighted by molar-refractivity contribution is -0.140. The molecular formula is C23H29ClN2O2S. The Balaban J connectivity index is 1.98. The zero-order valence-electron chi connectivity index (χ0n) is 17.1. The molecule has 0 radical (unpaired) electrons. The fourth-order valence-corrected chi connectivity index (χ4v) is 3.98. The number of rotatable bonds is 11. The normalized spacial score (nSPS) is 11.7. The molecule has 2 amide bonds. The molecule has 2 aromatic carbocycles. The summed E-state index contributed by atoms with van der Waals surface area (Å²) in [5.74, 6) is 1.43. The van der Waals surface area contributed by atoms with Crippen LogP contribution in [0, 0.1) is 0 Å². The molecule has 0 unspecified atom stereocenters. The first-order valence-corrected chi connectivity index (χ1v) is 11.5. The molecule has 0 spiro atoms. The summed E-state index contributed by atoms with van der Waals surface area (Å²) >= 11 is 7.82. The van der Waals surface area contributed by atoms with Crippen LogP contribution in [0.25, 0.3) is 0 Å². The second kappa shape index (κ2) is 12.6. The van der Waals surface area contributed by atoms with Crippen LogP contribution in [0.1, 0.15) is 37.8 Å². The van der Waals surface area contributed by atoms with Crippen LogP contribution >= 0.6 is 23.4 Å². The third-order valence-corrected chi connectivity index (χ3v) is 5.80. The van der Waals surface area contributed by atoms with Gasteiger partial charge in [0.1, 0.15) is 6.04 Å². The number of nitrogens with one attached hydrogen (secondary N) is 1. The van der Waals surface area contributed by atoms with Gasteiger partial charge in [-0.1, -0.05) is 61.0 Å². The lowest BCUT2D eigenvalue weighted by Gasteiger charge is -2.29. The van der Waals surface area contributed by atoms with Crippen LogP contribution in [0.5, 0.6) is 0 Å². The van der Waals surface area contributed by atoms with E-state index < -0.39 is 6.04 Å². The minimum absolute atomic E-state index is 0.0234. The van der Waals surface area contributed by atoms with Gasteiger partial charge >= 0.3 is 0 Å². The molecule has 2 rings (SSSR count). The van der Waals surface area contributed by atoms with Crippen molar-refractivity contribution in [1.29, 1.82) is 0 Å². The molecule has 0 aliphatic rings. The smallest absolute Gasteiger partial charge is 0.242 e. The zero-order chi connectivity index (χ0) is 21.1. The number of halogens is 1. The minimum Gasteiger partial charge on any atom is -0.354 e. The Bertz CT molecular complexity index is 785. The number of carbonyl (C=O) groups excluding carboxylic acids is 2. The fraction of sp³-hybridized carbons (Fsp3) is 0.391. The highest BCUT2D eigenvalue weighted by Crippen LogP contribution is 2.17. The first-order valence-electron chi connectivity index (χ1n) is 9.94. The third-order valence-electron chi connectivity index (χ3n) is 4.53. The van der Waals surface area contributed by atoms with E-state index in [1.54, 1.807) is 29.7 Å². The van der Waals surface area contributed by atoms with Crippen LogP contribution in [0.4, 0.5) is 0 Å². The van der Waals surface area contributed by atoms with E-state index >= 15 is 0 Å².